The average Bonchev–Trinajstić information content (AvgIpc) is 3.02. The SMILES string of the molecule is Cc1c(Cl)c(C(F)(F)F)nn1C(C)C(=O)N(C)Cc1ccnn1C. The summed E-state index contributed by atoms with van der Waals surface area (Å²) in [5.74, 6) is -0.382. The first-order valence-corrected chi connectivity index (χ1v) is 7.45. The van der Waals surface area contributed by atoms with Gasteiger partial charge in [0.25, 0.3) is 0 Å². The Morgan fingerprint density at radius 1 is 1.46 bits per heavy atom. The van der Waals surface area contributed by atoms with Crippen LogP contribution in [0.2, 0.25) is 5.02 Å². The molecule has 6 nitrogen and oxygen atoms in total. The number of aryl methyl sites for hydroxylation is 1. The van der Waals surface area contributed by atoms with E-state index in [9.17, 15) is 18.0 Å². The van der Waals surface area contributed by atoms with Gasteiger partial charge < -0.3 is 4.90 Å². The van der Waals surface area contributed by atoms with Crippen molar-refractivity contribution in [2.75, 3.05) is 7.05 Å². The molecule has 2 rings (SSSR count). The largest absolute Gasteiger partial charge is 0.436 e. The zero-order valence-electron chi connectivity index (χ0n) is 13.6. The summed E-state index contributed by atoms with van der Waals surface area (Å²) in [5, 5.41) is 7.01. The lowest BCUT2D eigenvalue weighted by Crippen LogP contribution is -2.34. The van der Waals surface area contributed by atoms with Crippen LogP contribution in [0.3, 0.4) is 0 Å². The smallest absolute Gasteiger partial charge is 0.338 e. The molecule has 2 aromatic heterocycles. The highest BCUT2D eigenvalue weighted by atomic mass is 35.5. The molecule has 0 spiro atoms. The molecule has 1 unspecified atom stereocenters. The Bertz CT molecular complexity index is 752. The molecule has 1 amide bonds. The molecule has 0 aliphatic rings. The van der Waals surface area contributed by atoms with Crippen molar-refractivity contribution in [2.24, 2.45) is 7.05 Å². The monoisotopic (exact) mass is 363 g/mol. The second-order valence-corrected chi connectivity index (χ2v) is 5.88. The number of amides is 1. The third kappa shape index (κ3) is 3.40. The van der Waals surface area contributed by atoms with E-state index in [2.05, 4.69) is 10.2 Å². The van der Waals surface area contributed by atoms with Gasteiger partial charge in [0.1, 0.15) is 6.04 Å². The number of alkyl halides is 3. The molecule has 2 heterocycles. The summed E-state index contributed by atoms with van der Waals surface area (Å²) >= 11 is 5.72. The van der Waals surface area contributed by atoms with E-state index in [1.807, 2.05) is 0 Å². The Morgan fingerprint density at radius 2 is 2.08 bits per heavy atom. The Hall–Kier alpha value is -2.03. The lowest BCUT2D eigenvalue weighted by Gasteiger charge is -2.22. The molecule has 0 N–H and O–H groups in total. The van der Waals surface area contributed by atoms with Gasteiger partial charge >= 0.3 is 6.18 Å². The van der Waals surface area contributed by atoms with Gasteiger partial charge in [0.2, 0.25) is 5.91 Å². The van der Waals surface area contributed by atoms with Gasteiger partial charge in [0.05, 0.1) is 23.0 Å². The molecular weight excluding hydrogens is 347 g/mol. The zero-order valence-corrected chi connectivity index (χ0v) is 14.4. The summed E-state index contributed by atoms with van der Waals surface area (Å²) in [5.41, 5.74) is -0.293. The summed E-state index contributed by atoms with van der Waals surface area (Å²) in [4.78, 5) is 13.9. The molecular formula is C14H17ClF3N5O. The third-order valence-corrected chi connectivity index (χ3v) is 4.22. The number of hydrogen-bond acceptors (Lipinski definition) is 3. The second-order valence-electron chi connectivity index (χ2n) is 5.51. The third-order valence-electron chi connectivity index (χ3n) is 3.77. The fraction of sp³-hybridized carbons (Fsp3) is 0.500. The minimum absolute atomic E-state index is 0.0961. The van der Waals surface area contributed by atoms with Crippen molar-refractivity contribution in [3.8, 4) is 0 Å². The van der Waals surface area contributed by atoms with Gasteiger partial charge in [-0.05, 0) is 19.9 Å². The van der Waals surface area contributed by atoms with Crippen LogP contribution in [-0.2, 0) is 24.6 Å². The van der Waals surface area contributed by atoms with Crippen LogP contribution in [0.25, 0.3) is 0 Å². The van der Waals surface area contributed by atoms with Crippen molar-refractivity contribution in [1.82, 2.24) is 24.5 Å². The Kier molecular flexibility index (Phi) is 4.93. The van der Waals surface area contributed by atoms with E-state index in [0.29, 0.717) is 0 Å². The van der Waals surface area contributed by atoms with E-state index in [-0.39, 0.29) is 18.1 Å². The molecule has 132 valence electrons. The van der Waals surface area contributed by atoms with Crippen LogP contribution >= 0.6 is 11.6 Å². The minimum atomic E-state index is -4.67. The molecule has 10 heteroatoms. The zero-order chi connectivity index (χ0) is 18.2. The number of rotatable bonds is 4. The highest BCUT2D eigenvalue weighted by Gasteiger charge is 2.39. The first kappa shape index (κ1) is 18.3. The van der Waals surface area contributed by atoms with Crippen molar-refractivity contribution in [1.29, 1.82) is 0 Å². The quantitative estimate of drug-likeness (QED) is 0.839. The van der Waals surface area contributed by atoms with E-state index in [4.69, 9.17) is 11.6 Å². The average molecular weight is 364 g/mol. The molecule has 1 atom stereocenters. The Labute approximate surface area is 141 Å². The maximum Gasteiger partial charge on any atom is 0.436 e. The van der Waals surface area contributed by atoms with Crippen LogP contribution in [0.4, 0.5) is 13.2 Å². The van der Waals surface area contributed by atoms with Gasteiger partial charge in [0.15, 0.2) is 5.69 Å². The molecule has 0 aliphatic heterocycles. The van der Waals surface area contributed by atoms with Crippen molar-refractivity contribution in [3.05, 3.63) is 34.4 Å². The van der Waals surface area contributed by atoms with Crippen LogP contribution < -0.4 is 0 Å². The predicted molar refractivity (Wildman–Crippen MR) is 81.4 cm³/mol. The van der Waals surface area contributed by atoms with Crippen LogP contribution in [0.15, 0.2) is 12.3 Å². The number of halogens is 4. The van der Waals surface area contributed by atoms with Gasteiger partial charge in [0, 0.05) is 20.3 Å². The number of carbonyl (C=O) groups is 1. The highest BCUT2D eigenvalue weighted by molar-refractivity contribution is 6.32. The maximum atomic E-state index is 12.9. The Balaban J connectivity index is 2.23. The lowest BCUT2D eigenvalue weighted by atomic mass is 10.2. The van der Waals surface area contributed by atoms with Crippen molar-refractivity contribution in [3.63, 3.8) is 0 Å². The molecule has 0 radical (unpaired) electrons. The van der Waals surface area contributed by atoms with Crippen LogP contribution in [-0.4, -0.2) is 37.4 Å². The molecule has 0 saturated carbocycles. The molecule has 0 fully saturated rings. The first-order chi connectivity index (χ1) is 11.0. The summed E-state index contributed by atoms with van der Waals surface area (Å²) < 4.78 is 41.3. The fourth-order valence-corrected chi connectivity index (χ4v) is 2.59. The molecule has 0 aliphatic carbocycles. The lowest BCUT2D eigenvalue weighted by molar-refractivity contribution is -0.142. The van der Waals surface area contributed by atoms with Gasteiger partial charge in [-0.2, -0.15) is 23.4 Å². The fourth-order valence-electron chi connectivity index (χ4n) is 2.36. The summed E-state index contributed by atoms with van der Waals surface area (Å²) in [6.45, 7) is 3.16. The summed E-state index contributed by atoms with van der Waals surface area (Å²) in [6.07, 6.45) is -3.07. The van der Waals surface area contributed by atoms with E-state index in [1.54, 1.807) is 31.0 Å². The molecule has 24 heavy (non-hydrogen) atoms. The van der Waals surface area contributed by atoms with Crippen molar-refractivity contribution in [2.45, 2.75) is 32.6 Å². The number of hydrogen-bond donors (Lipinski definition) is 0. The Morgan fingerprint density at radius 3 is 2.54 bits per heavy atom. The molecule has 0 aromatic carbocycles. The second kappa shape index (κ2) is 6.46. The van der Waals surface area contributed by atoms with Crippen molar-refractivity contribution < 1.29 is 18.0 Å². The van der Waals surface area contributed by atoms with E-state index < -0.39 is 22.9 Å². The maximum absolute atomic E-state index is 12.9. The molecule has 2 aromatic rings. The van der Waals surface area contributed by atoms with Crippen molar-refractivity contribution >= 4 is 17.5 Å². The van der Waals surface area contributed by atoms with Gasteiger partial charge in [-0.3, -0.25) is 14.2 Å². The van der Waals surface area contributed by atoms with Crippen LogP contribution in [0.5, 0.6) is 0 Å². The normalized spacial score (nSPS) is 13.2. The molecule has 0 saturated heterocycles. The summed E-state index contributed by atoms with van der Waals surface area (Å²) in [6, 6.07) is 0.837. The van der Waals surface area contributed by atoms with Gasteiger partial charge in [-0.25, -0.2) is 0 Å². The molecule has 0 bridgehead atoms. The number of likely N-dealkylation sites (N-methyl/N-ethyl adjacent to an activating group) is 1. The number of carbonyl (C=O) groups excluding carboxylic acids is 1. The van der Waals surface area contributed by atoms with E-state index in [0.717, 1.165) is 10.4 Å². The minimum Gasteiger partial charge on any atom is -0.338 e. The number of nitrogens with zero attached hydrogens (tertiary/aromatic N) is 5. The summed E-state index contributed by atoms with van der Waals surface area (Å²) in [7, 11) is 3.31. The van der Waals surface area contributed by atoms with Crippen LogP contribution in [0.1, 0.15) is 30.0 Å². The van der Waals surface area contributed by atoms with Gasteiger partial charge in [-0.15, -0.1) is 0 Å². The first-order valence-electron chi connectivity index (χ1n) is 7.07. The topological polar surface area (TPSA) is 56.0 Å². The van der Waals surface area contributed by atoms with E-state index >= 15 is 0 Å². The predicted octanol–water partition coefficient (Wildman–Crippen LogP) is 2.82. The highest BCUT2D eigenvalue weighted by Crippen LogP contribution is 2.36. The number of aromatic nitrogens is 4. The van der Waals surface area contributed by atoms with Gasteiger partial charge in [-0.1, -0.05) is 11.6 Å². The standard InChI is InChI=1S/C14H17ClF3N5O/c1-8-11(15)12(14(16,17)18)20-23(8)9(2)13(24)21(3)7-10-5-6-19-22(10)4/h5-6,9H,7H2,1-4H3. The van der Waals surface area contributed by atoms with Crippen LogP contribution in [0, 0.1) is 6.92 Å². The van der Waals surface area contributed by atoms with E-state index in [1.165, 1.54) is 18.7 Å².